The van der Waals surface area contributed by atoms with Crippen LogP contribution >= 0.6 is 0 Å². The van der Waals surface area contributed by atoms with Crippen LogP contribution in [0.1, 0.15) is 17.0 Å². The molecule has 1 N–H and O–H groups in total. The summed E-state index contributed by atoms with van der Waals surface area (Å²) in [5.74, 6) is 0. The number of hydrogen-bond donors (Lipinski definition) is 1. The molecule has 0 radical (unpaired) electrons. The lowest BCUT2D eigenvalue weighted by Crippen LogP contribution is -2.04. The second-order valence-corrected chi connectivity index (χ2v) is 3.45. The summed E-state index contributed by atoms with van der Waals surface area (Å²) in [5.41, 5.74) is 0.315. The Morgan fingerprint density at radius 3 is 2.35 bits per heavy atom. The van der Waals surface area contributed by atoms with Gasteiger partial charge in [0.05, 0.1) is 5.69 Å². The van der Waals surface area contributed by atoms with Gasteiger partial charge in [0.2, 0.25) is 0 Å². The van der Waals surface area contributed by atoms with Crippen molar-refractivity contribution in [2.24, 2.45) is 0 Å². The fraction of sp³-hybridized carbons (Fsp3) is 0.0833. The molecule has 1 heterocycles. The lowest BCUT2D eigenvalue weighted by Gasteiger charge is -1.99. The Morgan fingerprint density at radius 1 is 1.06 bits per heavy atom. The first kappa shape index (κ1) is 11.4. The van der Waals surface area contributed by atoms with Crippen LogP contribution in [0.4, 0.5) is 13.2 Å². The Hall–Kier alpha value is -2.04. The number of nitrogens with zero attached hydrogens (tertiary/aromatic N) is 1. The van der Waals surface area contributed by atoms with E-state index in [-0.39, 0.29) is 5.69 Å². The van der Waals surface area contributed by atoms with Gasteiger partial charge in [-0.25, -0.2) is 0 Å². The van der Waals surface area contributed by atoms with E-state index in [1.165, 1.54) is 6.08 Å². The van der Waals surface area contributed by atoms with E-state index in [1.54, 1.807) is 6.08 Å². The van der Waals surface area contributed by atoms with Crippen molar-refractivity contribution in [2.45, 2.75) is 6.18 Å². The van der Waals surface area contributed by atoms with E-state index in [4.69, 9.17) is 0 Å². The van der Waals surface area contributed by atoms with Gasteiger partial charge in [0.25, 0.3) is 0 Å². The van der Waals surface area contributed by atoms with E-state index >= 15 is 0 Å². The number of rotatable bonds is 2. The van der Waals surface area contributed by atoms with E-state index < -0.39 is 11.9 Å². The first-order valence-corrected chi connectivity index (χ1v) is 4.91. The van der Waals surface area contributed by atoms with Crippen LogP contribution in [-0.2, 0) is 6.18 Å². The lowest BCUT2D eigenvalue weighted by molar-refractivity contribution is -0.141. The lowest BCUT2D eigenvalue weighted by atomic mass is 10.2. The molecule has 2 aromatic rings. The monoisotopic (exact) mass is 238 g/mol. The molecule has 1 aromatic carbocycles. The zero-order valence-corrected chi connectivity index (χ0v) is 8.70. The third-order valence-corrected chi connectivity index (χ3v) is 2.15. The molecule has 0 fully saturated rings. The van der Waals surface area contributed by atoms with Crippen molar-refractivity contribution in [1.29, 1.82) is 0 Å². The van der Waals surface area contributed by atoms with E-state index in [2.05, 4.69) is 5.10 Å². The molecule has 2 nitrogen and oxygen atoms in total. The third kappa shape index (κ3) is 2.96. The highest BCUT2D eigenvalue weighted by molar-refractivity contribution is 5.67. The fourth-order valence-corrected chi connectivity index (χ4v) is 1.31. The van der Waals surface area contributed by atoms with Crippen molar-refractivity contribution in [2.75, 3.05) is 0 Å². The van der Waals surface area contributed by atoms with Crippen LogP contribution in [0.25, 0.3) is 12.2 Å². The Bertz CT molecular complexity index is 512. The minimum Gasteiger partial charge on any atom is -0.273 e. The number of halogens is 3. The van der Waals surface area contributed by atoms with Gasteiger partial charge in [-0.3, -0.25) is 5.10 Å². The molecule has 0 aliphatic rings. The summed E-state index contributed by atoms with van der Waals surface area (Å²) in [6.45, 7) is 0. The largest absolute Gasteiger partial charge is 0.432 e. The molecule has 5 heteroatoms. The van der Waals surface area contributed by atoms with Gasteiger partial charge in [-0.1, -0.05) is 36.4 Å². The minimum absolute atomic E-state index is 0.251. The average Bonchev–Trinajstić information content (AvgIpc) is 2.76. The molecule has 0 spiro atoms. The minimum atomic E-state index is -4.38. The van der Waals surface area contributed by atoms with Crippen LogP contribution < -0.4 is 0 Å². The second-order valence-electron chi connectivity index (χ2n) is 3.45. The molecule has 0 saturated heterocycles. The highest BCUT2D eigenvalue weighted by atomic mass is 19.4. The highest BCUT2D eigenvalue weighted by Crippen LogP contribution is 2.27. The molecular formula is C12H9F3N2. The van der Waals surface area contributed by atoms with Gasteiger partial charge in [-0.15, -0.1) is 0 Å². The van der Waals surface area contributed by atoms with E-state index in [9.17, 15) is 13.2 Å². The van der Waals surface area contributed by atoms with Crippen LogP contribution in [0.5, 0.6) is 0 Å². The number of hydrogen-bond acceptors (Lipinski definition) is 1. The molecule has 0 aliphatic carbocycles. The van der Waals surface area contributed by atoms with Crippen molar-refractivity contribution in [1.82, 2.24) is 10.2 Å². The summed E-state index contributed by atoms with van der Waals surface area (Å²) in [4.78, 5) is 0. The van der Waals surface area contributed by atoms with Crippen molar-refractivity contribution in [3.8, 4) is 0 Å². The molecule has 0 bridgehead atoms. The number of aromatic amines is 1. The van der Waals surface area contributed by atoms with E-state index in [0.29, 0.717) is 0 Å². The fourth-order valence-electron chi connectivity index (χ4n) is 1.31. The van der Waals surface area contributed by atoms with Crippen molar-refractivity contribution in [3.05, 3.63) is 53.3 Å². The summed E-state index contributed by atoms with van der Waals surface area (Å²) in [6.07, 6.45) is -1.15. The highest BCUT2D eigenvalue weighted by Gasteiger charge is 2.32. The maximum atomic E-state index is 12.3. The number of nitrogens with one attached hydrogen (secondary N) is 1. The standard InChI is InChI=1S/C12H9F3N2/c13-12(14,15)11-8-10(16-17-11)7-6-9-4-2-1-3-5-9/h1-8H,(H,16,17). The van der Waals surface area contributed by atoms with Crippen LogP contribution in [0.2, 0.25) is 0 Å². The Morgan fingerprint density at radius 2 is 1.76 bits per heavy atom. The van der Waals surface area contributed by atoms with Gasteiger partial charge in [0, 0.05) is 0 Å². The van der Waals surface area contributed by atoms with Crippen molar-refractivity contribution >= 4 is 12.2 Å². The molecule has 0 atom stereocenters. The van der Waals surface area contributed by atoms with Crippen LogP contribution in [0.3, 0.4) is 0 Å². The first-order chi connectivity index (χ1) is 8.05. The second kappa shape index (κ2) is 4.45. The Labute approximate surface area is 95.8 Å². The van der Waals surface area contributed by atoms with Crippen LogP contribution in [0.15, 0.2) is 36.4 Å². The Kier molecular flexibility index (Phi) is 2.99. The smallest absolute Gasteiger partial charge is 0.273 e. The van der Waals surface area contributed by atoms with Gasteiger partial charge in [0.1, 0.15) is 5.69 Å². The molecule has 17 heavy (non-hydrogen) atoms. The zero-order valence-electron chi connectivity index (χ0n) is 8.70. The quantitative estimate of drug-likeness (QED) is 0.850. The number of benzene rings is 1. The Balaban J connectivity index is 2.15. The topological polar surface area (TPSA) is 28.7 Å². The van der Waals surface area contributed by atoms with Crippen molar-refractivity contribution < 1.29 is 13.2 Å². The molecular weight excluding hydrogens is 229 g/mol. The number of H-pyrrole nitrogens is 1. The normalized spacial score (nSPS) is 12.2. The average molecular weight is 238 g/mol. The van der Waals surface area contributed by atoms with Gasteiger partial charge in [-0.05, 0) is 17.7 Å². The summed E-state index contributed by atoms with van der Waals surface area (Å²) in [6, 6.07) is 10.3. The predicted octanol–water partition coefficient (Wildman–Crippen LogP) is 3.60. The molecule has 88 valence electrons. The molecule has 0 saturated carbocycles. The van der Waals surface area contributed by atoms with Gasteiger partial charge >= 0.3 is 6.18 Å². The zero-order chi connectivity index (χ0) is 12.3. The van der Waals surface area contributed by atoms with E-state index in [0.717, 1.165) is 11.6 Å². The summed E-state index contributed by atoms with van der Waals surface area (Å²) < 4.78 is 36.8. The SMILES string of the molecule is FC(F)(F)c1cc(C=Cc2ccccc2)n[nH]1. The predicted molar refractivity (Wildman–Crippen MR) is 59.0 cm³/mol. The number of alkyl halides is 3. The maximum Gasteiger partial charge on any atom is 0.432 e. The summed E-state index contributed by atoms with van der Waals surface area (Å²) in [5, 5.41) is 5.52. The first-order valence-electron chi connectivity index (χ1n) is 4.91. The summed E-state index contributed by atoms with van der Waals surface area (Å²) >= 11 is 0. The molecule has 0 amide bonds. The van der Waals surface area contributed by atoms with Crippen molar-refractivity contribution in [3.63, 3.8) is 0 Å². The molecule has 2 rings (SSSR count). The van der Waals surface area contributed by atoms with Gasteiger partial charge in [-0.2, -0.15) is 18.3 Å². The molecule has 0 aliphatic heterocycles. The maximum absolute atomic E-state index is 12.3. The third-order valence-electron chi connectivity index (χ3n) is 2.15. The molecule has 1 aromatic heterocycles. The summed E-state index contributed by atoms with van der Waals surface area (Å²) in [7, 11) is 0. The van der Waals surface area contributed by atoms with Gasteiger partial charge in [0.15, 0.2) is 0 Å². The van der Waals surface area contributed by atoms with Crippen LogP contribution in [0, 0.1) is 0 Å². The van der Waals surface area contributed by atoms with Gasteiger partial charge < -0.3 is 0 Å². The number of aromatic nitrogens is 2. The van der Waals surface area contributed by atoms with E-state index in [1.807, 2.05) is 35.4 Å². The molecule has 0 unspecified atom stereocenters. The van der Waals surface area contributed by atoms with Crippen LogP contribution in [-0.4, -0.2) is 10.2 Å².